The van der Waals surface area contributed by atoms with Crippen molar-refractivity contribution in [2.75, 3.05) is 27.8 Å². The van der Waals surface area contributed by atoms with Crippen molar-refractivity contribution >= 4 is 14.3 Å². The summed E-state index contributed by atoms with van der Waals surface area (Å²) >= 11 is 0. The Balaban J connectivity index is 1.81. The van der Waals surface area contributed by atoms with E-state index in [1.165, 1.54) is 57.8 Å². The van der Waals surface area contributed by atoms with E-state index in [0.29, 0.717) is 25.7 Å². The summed E-state index contributed by atoms with van der Waals surface area (Å²) in [5.74, 6) is 6.29. The number of cyclic esters (lactones) is 1. The Morgan fingerprint density at radius 1 is 0.873 bits per heavy atom. The zero-order valence-corrected chi connectivity index (χ0v) is 37.6. The highest BCUT2D eigenvalue weighted by Gasteiger charge is 2.40. The molecule has 55 heavy (non-hydrogen) atoms. The molecule has 1 saturated heterocycles. The fraction of sp³-hybridized carbons (Fsp3) is 0.889. The van der Waals surface area contributed by atoms with Crippen molar-refractivity contribution in [1.82, 2.24) is 0 Å². The number of rotatable bonds is 30. The molecular weight excluding hydrogens is 713 g/mol. The van der Waals surface area contributed by atoms with E-state index in [1.807, 2.05) is 13.0 Å². The smallest absolute Gasteiger partial charge is 0.334 e. The molecule has 2 rings (SSSR count). The van der Waals surface area contributed by atoms with Crippen molar-refractivity contribution in [1.29, 1.82) is 0 Å². The summed E-state index contributed by atoms with van der Waals surface area (Å²) in [5.41, 5.74) is 0.736. The Morgan fingerprint density at radius 3 is 2.11 bits per heavy atom. The largest absolute Gasteiger partial charge is 0.455 e. The van der Waals surface area contributed by atoms with E-state index in [2.05, 4.69) is 52.6 Å². The standard InChI is InChI=1S/C45H82O9Si/c1-10-11-12-13-14-15-16-17-18-22-29-42-41(51-35-49-7)30-31-43(53-42)40(50-34-48-6)28-24-23-26-38(46)25-20-19-21-27-39(54-55(8,9)45(3,4)5)33-37-32-36(2)52-44(37)47/h32,36,38-43,46H,10-22,25-31,33-35H2,1-9H3/t36-,38+,39+,40+,41+,42+,43+/m0/s1. The van der Waals surface area contributed by atoms with Gasteiger partial charge in [0, 0.05) is 45.2 Å². The van der Waals surface area contributed by atoms with Gasteiger partial charge in [-0.25, -0.2) is 4.79 Å². The van der Waals surface area contributed by atoms with Gasteiger partial charge in [-0.3, -0.25) is 0 Å². The molecule has 1 fully saturated rings. The Hall–Kier alpha value is -1.29. The van der Waals surface area contributed by atoms with Crippen molar-refractivity contribution < 1.29 is 42.7 Å². The van der Waals surface area contributed by atoms with E-state index in [0.717, 1.165) is 56.9 Å². The predicted molar refractivity (Wildman–Crippen MR) is 224 cm³/mol. The molecule has 0 radical (unpaired) electrons. The number of unbranched alkanes of at least 4 members (excludes halogenated alkanes) is 11. The van der Waals surface area contributed by atoms with Crippen LogP contribution in [0.1, 0.15) is 169 Å². The highest BCUT2D eigenvalue weighted by molar-refractivity contribution is 6.74. The summed E-state index contributed by atoms with van der Waals surface area (Å²) in [4.78, 5) is 12.4. The van der Waals surface area contributed by atoms with Gasteiger partial charge in [0.2, 0.25) is 0 Å². The van der Waals surface area contributed by atoms with Crippen LogP contribution in [0.2, 0.25) is 18.1 Å². The first-order valence-corrected chi connectivity index (χ1v) is 24.8. The van der Waals surface area contributed by atoms with Crippen LogP contribution in [0.15, 0.2) is 11.6 Å². The molecule has 0 amide bonds. The van der Waals surface area contributed by atoms with Gasteiger partial charge in [0.1, 0.15) is 19.7 Å². The van der Waals surface area contributed by atoms with Gasteiger partial charge in [0.15, 0.2) is 8.32 Å². The average Bonchev–Trinajstić information content (AvgIpc) is 3.45. The van der Waals surface area contributed by atoms with E-state index in [4.69, 9.17) is 32.8 Å². The van der Waals surface area contributed by atoms with Crippen LogP contribution in [0.4, 0.5) is 0 Å². The predicted octanol–water partition coefficient (Wildman–Crippen LogP) is 10.6. The molecule has 7 atom stereocenters. The molecule has 2 heterocycles. The summed E-state index contributed by atoms with van der Waals surface area (Å²) in [5, 5.41) is 10.8. The van der Waals surface area contributed by atoms with Crippen LogP contribution in [0, 0.1) is 11.8 Å². The molecule has 0 aromatic carbocycles. The fourth-order valence-electron chi connectivity index (χ4n) is 7.27. The molecular formula is C45H82O9Si. The van der Waals surface area contributed by atoms with Crippen LogP contribution in [0.3, 0.4) is 0 Å². The van der Waals surface area contributed by atoms with Crippen molar-refractivity contribution in [2.24, 2.45) is 0 Å². The minimum atomic E-state index is -2.01. The molecule has 0 aromatic rings. The van der Waals surface area contributed by atoms with Gasteiger partial charge in [-0.05, 0) is 63.2 Å². The molecule has 0 spiro atoms. The number of hydrogen-bond acceptors (Lipinski definition) is 9. The molecule has 2 aliphatic rings. The van der Waals surface area contributed by atoms with Crippen LogP contribution in [-0.4, -0.2) is 89.9 Å². The Labute approximate surface area is 337 Å². The summed E-state index contributed by atoms with van der Waals surface area (Å²) < 4.78 is 41.5. The van der Waals surface area contributed by atoms with E-state index in [1.54, 1.807) is 14.2 Å². The third-order valence-electron chi connectivity index (χ3n) is 11.6. The van der Waals surface area contributed by atoms with Crippen LogP contribution in [0.5, 0.6) is 0 Å². The lowest BCUT2D eigenvalue weighted by Gasteiger charge is -2.39. The normalized spacial score (nSPS) is 22.1. The van der Waals surface area contributed by atoms with Gasteiger partial charge in [0.05, 0.1) is 30.5 Å². The van der Waals surface area contributed by atoms with Gasteiger partial charge in [0.25, 0.3) is 0 Å². The van der Waals surface area contributed by atoms with Gasteiger partial charge in [-0.2, -0.15) is 0 Å². The van der Waals surface area contributed by atoms with E-state index >= 15 is 0 Å². The molecule has 2 aliphatic heterocycles. The number of carbonyl (C=O) groups excluding carboxylic acids is 1. The third kappa shape index (κ3) is 20.8. The zero-order chi connectivity index (χ0) is 40.5. The van der Waals surface area contributed by atoms with E-state index in [-0.39, 0.29) is 61.2 Å². The topological polar surface area (TPSA) is 102 Å². The SMILES string of the molecule is CCCCCCCCCCCC[C@H]1O[C@@H]([C@@H](CC#CC[C@H](O)CCCCC[C@H](CC2=C[C@H](C)OC2=O)O[Si](C)(C)C(C)(C)C)OCOC)CC[C@H]1OCOC. The average molecular weight is 795 g/mol. The highest BCUT2D eigenvalue weighted by Crippen LogP contribution is 2.39. The molecule has 0 unspecified atom stereocenters. The number of carbonyl (C=O) groups is 1. The van der Waals surface area contributed by atoms with Crippen LogP contribution < -0.4 is 0 Å². The second-order valence-corrected chi connectivity index (χ2v) is 22.3. The molecule has 0 saturated carbocycles. The Kier molecular flexibility index (Phi) is 25.5. The monoisotopic (exact) mass is 795 g/mol. The molecule has 0 aromatic heterocycles. The van der Waals surface area contributed by atoms with Gasteiger partial charge in [-0.15, -0.1) is 11.8 Å². The van der Waals surface area contributed by atoms with Crippen molar-refractivity contribution in [2.45, 2.75) is 230 Å². The van der Waals surface area contributed by atoms with Gasteiger partial charge < -0.3 is 38.0 Å². The second kappa shape index (κ2) is 28.2. The van der Waals surface area contributed by atoms with Crippen LogP contribution >= 0.6 is 0 Å². The number of methoxy groups -OCH3 is 2. The molecule has 1 N–H and O–H groups in total. The maximum Gasteiger partial charge on any atom is 0.334 e. The molecule has 10 heteroatoms. The van der Waals surface area contributed by atoms with Gasteiger partial charge >= 0.3 is 5.97 Å². The number of aliphatic hydroxyl groups is 1. The van der Waals surface area contributed by atoms with Crippen LogP contribution in [-0.2, 0) is 37.6 Å². The van der Waals surface area contributed by atoms with Crippen molar-refractivity contribution in [3.8, 4) is 11.8 Å². The first-order chi connectivity index (χ1) is 26.3. The number of esters is 1. The highest BCUT2D eigenvalue weighted by atomic mass is 28.4. The van der Waals surface area contributed by atoms with Gasteiger partial charge in [-0.1, -0.05) is 111 Å². The lowest BCUT2D eigenvalue weighted by Crippen LogP contribution is -2.46. The van der Waals surface area contributed by atoms with E-state index < -0.39 is 14.4 Å². The maximum atomic E-state index is 12.4. The molecule has 0 aliphatic carbocycles. The third-order valence-corrected chi connectivity index (χ3v) is 16.1. The summed E-state index contributed by atoms with van der Waals surface area (Å²) in [6.45, 7) is 15.9. The number of ether oxygens (including phenoxy) is 6. The summed E-state index contributed by atoms with van der Waals surface area (Å²) in [6.07, 6.45) is 22.7. The molecule has 9 nitrogen and oxygen atoms in total. The fourth-order valence-corrected chi connectivity index (χ4v) is 8.66. The lowest BCUT2D eigenvalue weighted by atomic mass is 9.93. The molecule has 0 bridgehead atoms. The quantitative estimate of drug-likeness (QED) is 0.0250. The second-order valence-electron chi connectivity index (χ2n) is 17.5. The summed E-state index contributed by atoms with van der Waals surface area (Å²) in [6, 6.07) is 0. The zero-order valence-electron chi connectivity index (χ0n) is 36.6. The maximum absolute atomic E-state index is 12.4. The van der Waals surface area contributed by atoms with Crippen molar-refractivity contribution in [3.63, 3.8) is 0 Å². The van der Waals surface area contributed by atoms with Crippen LogP contribution in [0.25, 0.3) is 0 Å². The Morgan fingerprint density at radius 2 is 1.49 bits per heavy atom. The Bertz CT molecular complexity index is 1110. The first-order valence-electron chi connectivity index (χ1n) is 21.9. The van der Waals surface area contributed by atoms with Crippen molar-refractivity contribution in [3.05, 3.63) is 11.6 Å². The first kappa shape index (κ1) is 49.9. The van der Waals surface area contributed by atoms with E-state index in [9.17, 15) is 9.90 Å². The minimum absolute atomic E-state index is 0.000251. The number of hydrogen-bond donors (Lipinski definition) is 1. The minimum Gasteiger partial charge on any atom is -0.455 e. The summed E-state index contributed by atoms with van der Waals surface area (Å²) in [7, 11) is 1.29. The molecule has 320 valence electrons. The number of aliphatic hydroxyl groups excluding tert-OH is 1. The lowest BCUT2D eigenvalue weighted by molar-refractivity contribution is -0.207.